The van der Waals surface area contributed by atoms with Crippen LogP contribution in [0.4, 0.5) is 0 Å². The van der Waals surface area contributed by atoms with Gasteiger partial charge >= 0.3 is 0 Å². The number of halogens is 2. The van der Waals surface area contributed by atoms with Crippen molar-refractivity contribution in [2.24, 2.45) is 5.92 Å². The Morgan fingerprint density at radius 1 is 0.966 bits per heavy atom. The molecule has 0 radical (unpaired) electrons. The molecule has 0 amide bonds. The maximum Gasteiger partial charge on any atom is 0.0846 e. The Kier molecular flexibility index (Phi) is 8.94. The van der Waals surface area contributed by atoms with Gasteiger partial charge in [-0.1, -0.05) is 50.2 Å². The van der Waals surface area contributed by atoms with Crippen molar-refractivity contribution in [3.05, 3.63) is 68.6 Å². The Hall–Kier alpha value is -1.15. The van der Waals surface area contributed by atoms with Gasteiger partial charge in [0.15, 0.2) is 0 Å². The fraction of sp³-hybridized carbons (Fsp3) is 0.480. The first-order valence-electron chi connectivity index (χ1n) is 10.4. The molecule has 2 unspecified atom stereocenters. The summed E-state index contributed by atoms with van der Waals surface area (Å²) in [5.74, 6) is 0.231. The molecule has 0 aromatic heterocycles. The van der Waals surface area contributed by atoms with Gasteiger partial charge in [-0.15, -0.1) is 0 Å². The van der Waals surface area contributed by atoms with E-state index in [1.807, 2.05) is 6.07 Å². The van der Waals surface area contributed by atoms with E-state index in [9.17, 15) is 5.26 Å². The van der Waals surface area contributed by atoms with E-state index in [1.165, 1.54) is 5.56 Å². The predicted octanol–water partition coefficient (Wildman–Crippen LogP) is 7.71. The Morgan fingerprint density at radius 3 is 2.14 bits per heavy atom. The maximum atomic E-state index is 10.3. The molecule has 2 nitrogen and oxygen atoms in total. The van der Waals surface area contributed by atoms with Gasteiger partial charge in [0.25, 0.3) is 0 Å². The third-order valence-corrected chi connectivity index (χ3v) is 7.89. The zero-order valence-corrected chi connectivity index (χ0v) is 21.3. The quantitative estimate of drug-likeness (QED) is 0.339. The van der Waals surface area contributed by atoms with Gasteiger partial charge in [-0.2, -0.15) is 5.26 Å². The lowest BCUT2D eigenvalue weighted by molar-refractivity contribution is 0.138. The second-order valence-electron chi connectivity index (χ2n) is 8.51. The third kappa shape index (κ3) is 5.94. The average molecular weight is 520 g/mol. The summed E-state index contributed by atoms with van der Waals surface area (Å²) in [5, 5.41) is 10.3. The molecule has 0 N–H and O–H groups in total. The lowest BCUT2D eigenvalue weighted by atomic mass is 9.69. The van der Waals surface area contributed by atoms with Crippen molar-refractivity contribution in [3.8, 4) is 6.07 Å². The Balaban J connectivity index is 2.22. The monoisotopic (exact) mass is 518 g/mol. The molecule has 0 bridgehead atoms. The van der Waals surface area contributed by atoms with Crippen LogP contribution in [0, 0.1) is 17.2 Å². The van der Waals surface area contributed by atoms with Crippen LogP contribution >= 0.6 is 31.9 Å². The predicted molar refractivity (Wildman–Crippen MR) is 130 cm³/mol. The van der Waals surface area contributed by atoms with E-state index in [-0.39, 0.29) is 5.92 Å². The van der Waals surface area contributed by atoms with Crippen LogP contribution in [0.3, 0.4) is 0 Å². The van der Waals surface area contributed by atoms with E-state index >= 15 is 0 Å². The number of nitriles is 1. The van der Waals surface area contributed by atoms with Crippen LogP contribution in [0.25, 0.3) is 0 Å². The van der Waals surface area contributed by atoms with Gasteiger partial charge in [-0.3, -0.25) is 4.90 Å². The minimum atomic E-state index is -0.493. The molecule has 2 aromatic carbocycles. The van der Waals surface area contributed by atoms with E-state index in [0.29, 0.717) is 12.1 Å². The Morgan fingerprint density at radius 2 is 1.62 bits per heavy atom. The number of rotatable bonds is 9. The van der Waals surface area contributed by atoms with Crippen LogP contribution in [0.15, 0.2) is 57.5 Å². The van der Waals surface area contributed by atoms with Crippen molar-refractivity contribution >= 4 is 31.9 Å². The van der Waals surface area contributed by atoms with Crippen LogP contribution in [-0.4, -0.2) is 17.0 Å². The summed E-state index contributed by atoms with van der Waals surface area (Å²) in [4.78, 5) is 2.54. The molecule has 29 heavy (non-hydrogen) atoms. The van der Waals surface area contributed by atoms with Crippen LogP contribution in [0.2, 0.25) is 0 Å². The van der Waals surface area contributed by atoms with Gasteiger partial charge in [-0.05, 0) is 94.7 Å². The number of benzene rings is 2. The molecule has 0 heterocycles. The average Bonchev–Trinajstić information content (AvgIpc) is 2.69. The molecule has 2 atom stereocenters. The molecule has 0 saturated carbocycles. The van der Waals surface area contributed by atoms with Crippen molar-refractivity contribution in [1.82, 2.24) is 4.90 Å². The highest BCUT2D eigenvalue weighted by Crippen LogP contribution is 2.39. The van der Waals surface area contributed by atoms with Crippen LogP contribution in [0.1, 0.15) is 58.6 Å². The van der Waals surface area contributed by atoms with Gasteiger partial charge in [0, 0.05) is 27.6 Å². The summed E-state index contributed by atoms with van der Waals surface area (Å²) < 4.78 is 2.01. The molecule has 0 fully saturated rings. The topological polar surface area (TPSA) is 27.0 Å². The van der Waals surface area contributed by atoms with Crippen molar-refractivity contribution in [2.75, 3.05) is 0 Å². The van der Waals surface area contributed by atoms with Gasteiger partial charge in [0.2, 0.25) is 0 Å². The van der Waals surface area contributed by atoms with Crippen LogP contribution in [-0.2, 0) is 12.0 Å². The molecule has 4 heteroatoms. The number of nitrogens with zero attached hydrogens (tertiary/aromatic N) is 2. The first-order valence-corrected chi connectivity index (χ1v) is 12.0. The molecular formula is C25H32Br2N2. The summed E-state index contributed by atoms with van der Waals surface area (Å²) in [5.41, 5.74) is 1.93. The van der Waals surface area contributed by atoms with Crippen molar-refractivity contribution < 1.29 is 0 Å². The van der Waals surface area contributed by atoms with Gasteiger partial charge < -0.3 is 0 Å². The molecule has 0 aliphatic carbocycles. The fourth-order valence-electron chi connectivity index (χ4n) is 4.03. The normalized spacial score (nSPS) is 14.8. The maximum absolute atomic E-state index is 10.3. The summed E-state index contributed by atoms with van der Waals surface area (Å²) in [6, 6.07) is 20.4. The summed E-state index contributed by atoms with van der Waals surface area (Å²) >= 11 is 7.16. The zero-order chi connectivity index (χ0) is 21.6. The van der Waals surface area contributed by atoms with Gasteiger partial charge in [0.05, 0.1) is 11.5 Å². The Bertz CT molecular complexity index is 826. The largest absolute Gasteiger partial charge is 0.294 e. The summed E-state index contributed by atoms with van der Waals surface area (Å²) in [6.45, 7) is 12.1. The second-order valence-corrected chi connectivity index (χ2v) is 10.2. The Labute approximate surface area is 193 Å². The van der Waals surface area contributed by atoms with E-state index < -0.39 is 5.41 Å². The first-order chi connectivity index (χ1) is 13.7. The molecule has 2 rings (SSSR count). The van der Waals surface area contributed by atoms with Crippen molar-refractivity contribution in [1.29, 1.82) is 5.26 Å². The lowest BCUT2D eigenvalue weighted by Crippen LogP contribution is -2.40. The minimum Gasteiger partial charge on any atom is -0.294 e. The second kappa shape index (κ2) is 10.8. The number of hydrogen-bond acceptors (Lipinski definition) is 2. The van der Waals surface area contributed by atoms with E-state index in [0.717, 1.165) is 33.9 Å². The first kappa shape index (κ1) is 24.1. The molecule has 0 spiro atoms. The standard InChI is InChI=1S/C25H32Br2N2/c1-18(2)25(17-28,22-11-12-23(26)24(27)15-22)14-13-20(5)29(19(3)4)16-21-9-7-6-8-10-21/h6-12,15,18-20H,13-14,16H2,1-5H3. The lowest BCUT2D eigenvalue weighted by Gasteiger charge is -2.37. The summed E-state index contributed by atoms with van der Waals surface area (Å²) in [6.07, 6.45) is 1.82. The van der Waals surface area contributed by atoms with Gasteiger partial charge in [-0.25, -0.2) is 0 Å². The zero-order valence-electron chi connectivity index (χ0n) is 18.1. The number of hydrogen-bond donors (Lipinski definition) is 0. The van der Waals surface area contributed by atoms with Gasteiger partial charge in [0.1, 0.15) is 0 Å². The fourth-order valence-corrected chi connectivity index (χ4v) is 4.66. The molecular weight excluding hydrogens is 488 g/mol. The highest BCUT2D eigenvalue weighted by Gasteiger charge is 2.37. The van der Waals surface area contributed by atoms with E-state index in [4.69, 9.17) is 0 Å². The molecule has 0 aliphatic heterocycles. The van der Waals surface area contributed by atoms with E-state index in [2.05, 4.69) is 120 Å². The minimum absolute atomic E-state index is 0.231. The molecule has 0 saturated heterocycles. The molecule has 156 valence electrons. The highest BCUT2D eigenvalue weighted by molar-refractivity contribution is 9.13. The summed E-state index contributed by atoms with van der Waals surface area (Å²) in [7, 11) is 0. The van der Waals surface area contributed by atoms with Crippen LogP contribution < -0.4 is 0 Å². The highest BCUT2D eigenvalue weighted by atomic mass is 79.9. The van der Waals surface area contributed by atoms with Crippen molar-refractivity contribution in [2.45, 2.75) is 71.5 Å². The van der Waals surface area contributed by atoms with Crippen LogP contribution in [0.5, 0.6) is 0 Å². The molecule has 2 aromatic rings. The third-order valence-electron chi connectivity index (χ3n) is 6.01. The van der Waals surface area contributed by atoms with E-state index in [1.54, 1.807) is 0 Å². The van der Waals surface area contributed by atoms with Crippen molar-refractivity contribution in [3.63, 3.8) is 0 Å². The molecule has 0 aliphatic rings. The SMILES string of the molecule is CC(C)N(Cc1ccccc1)C(C)CCC(C#N)(c1ccc(Br)c(Br)c1)C(C)C. The smallest absolute Gasteiger partial charge is 0.0846 e.